The zero-order valence-corrected chi connectivity index (χ0v) is 17.8. The molecule has 11 heteroatoms. The Balaban J connectivity index is 1.41. The number of benzene rings is 1. The van der Waals surface area contributed by atoms with Gasteiger partial charge >= 0.3 is 6.18 Å². The highest BCUT2D eigenvalue weighted by molar-refractivity contribution is 6.00. The highest BCUT2D eigenvalue weighted by Gasteiger charge is 2.44. The third kappa shape index (κ3) is 4.17. The summed E-state index contributed by atoms with van der Waals surface area (Å²) in [7, 11) is 0. The largest absolute Gasteiger partial charge is 0.434 e. The summed E-state index contributed by atoms with van der Waals surface area (Å²) in [5.41, 5.74) is -0.852. The average Bonchev–Trinajstić information content (AvgIpc) is 2.84. The van der Waals surface area contributed by atoms with Gasteiger partial charge in [-0.2, -0.15) is 13.2 Å². The van der Waals surface area contributed by atoms with Gasteiger partial charge in [-0.3, -0.25) is 4.79 Å². The molecular formula is C23H20F4N6O. The lowest BCUT2D eigenvalue weighted by atomic mass is 9.76. The van der Waals surface area contributed by atoms with E-state index >= 15 is 0 Å². The number of anilines is 1. The van der Waals surface area contributed by atoms with Crippen LogP contribution in [-0.2, 0) is 6.18 Å². The molecule has 1 aliphatic carbocycles. The number of amides is 1. The normalized spacial score (nSPS) is 22.0. The summed E-state index contributed by atoms with van der Waals surface area (Å²) in [4.78, 5) is 30.9. The highest BCUT2D eigenvalue weighted by Crippen LogP contribution is 2.38. The van der Waals surface area contributed by atoms with Gasteiger partial charge in [0, 0.05) is 30.5 Å². The van der Waals surface area contributed by atoms with E-state index in [1.165, 1.54) is 24.5 Å². The maximum absolute atomic E-state index is 14.9. The fraction of sp³-hybridized carbons (Fsp3) is 0.348. The standard InChI is InChI=1S/C23H20F4N6O/c24-15-4-1-3-14(21-28-7-2-8-29-21)20(15)22(34)33-12-13-5-6-17(33)16(9-13)32-19-11-30-18(10-31-19)23(25,26)27/h1-4,7-8,10-11,13,16-17H,5-6,9,12H2,(H,31,32)/t13?,16-,17+/m1/s1. The molecule has 2 aromatic heterocycles. The second kappa shape index (κ2) is 8.62. The first-order valence-electron chi connectivity index (χ1n) is 10.8. The Morgan fingerprint density at radius 2 is 1.82 bits per heavy atom. The van der Waals surface area contributed by atoms with Crippen LogP contribution in [0, 0.1) is 11.7 Å². The van der Waals surface area contributed by atoms with Crippen molar-refractivity contribution in [3.05, 3.63) is 66.1 Å². The number of nitrogens with zero attached hydrogens (tertiary/aromatic N) is 5. The van der Waals surface area contributed by atoms with Gasteiger partial charge in [0.2, 0.25) is 0 Å². The predicted octanol–water partition coefficient (Wildman–Crippen LogP) is 4.20. The van der Waals surface area contributed by atoms with E-state index in [9.17, 15) is 22.4 Å². The van der Waals surface area contributed by atoms with Crippen LogP contribution in [0.2, 0.25) is 0 Å². The molecule has 1 aromatic carbocycles. The van der Waals surface area contributed by atoms with Crippen molar-refractivity contribution in [2.75, 3.05) is 11.9 Å². The van der Waals surface area contributed by atoms with Gasteiger partial charge in [0.05, 0.1) is 24.0 Å². The lowest BCUT2D eigenvalue weighted by Gasteiger charge is -2.50. The minimum absolute atomic E-state index is 0.0886. The van der Waals surface area contributed by atoms with Crippen LogP contribution in [0.4, 0.5) is 23.4 Å². The topological polar surface area (TPSA) is 83.9 Å². The lowest BCUT2D eigenvalue weighted by Crippen LogP contribution is -2.60. The molecule has 1 saturated carbocycles. The molecule has 3 fully saturated rings. The molecular weight excluding hydrogens is 452 g/mol. The summed E-state index contributed by atoms with van der Waals surface area (Å²) in [6.07, 6.45) is 2.52. The molecule has 0 radical (unpaired) electrons. The lowest BCUT2D eigenvalue weighted by molar-refractivity contribution is -0.141. The van der Waals surface area contributed by atoms with Crippen LogP contribution in [0.1, 0.15) is 35.3 Å². The SMILES string of the molecule is O=C(c1c(F)cccc1-c1ncccn1)N1CC2CC[C@H]1[C@H](Nc1cnc(C(F)(F)F)cn1)C2. The monoisotopic (exact) mass is 472 g/mol. The highest BCUT2D eigenvalue weighted by atomic mass is 19.4. The number of aromatic nitrogens is 4. The maximum atomic E-state index is 14.9. The van der Waals surface area contributed by atoms with Crippen LogP contribution in [0.3, 0.4) is 0 Å². The number of carbonyl (C=O) groups excluding carboxylic acids is 1. The van der Waals surface area contributed by atoms with Gasteiger partial charge in [0.25, 0.3) is 5.91 Å². The van der Waals surface area contributed by atoms with Gasteiger partial charge in [-0.15, -0.1) is 0 Å². The number of fused-ring (bicyclic) bond motifs is 3. The van der Waals surface area contributed by atoms with Crippen molar-refractivity contribution in [3.8, 4) is 11.4 Å². The maximum Gasteiger partial charge on any atom is 0.434 e. The van der Waals surface area contributed by atoms with Crippen molar-refractivity contribution < 1.29 is 22.4 Å². The van der Waals surface area contributed by atoms with E-state index in [1.807, 2.05) is 0 Å². The number of halogens is 4. The van der Waals surface area contributed by atoms with Crippen molar-refractivity contribution in [1.82, 2.24) is 24.8 Å². The summed E-state index contributed by atoms with van der Waals surface area (Å²) in [6.45, 7) is 0.476. The van der Waals surface area contributed by atoms with Gasteiger partial charge in [-0.05, 0) is 37.3 Å². The molecule has 7 nitrogen and oxygen atoms in total. The summed E-state index contributed by atoms with van der Waals surface area (Å²) >= 11 is 0. The first kappa shape index (κ1) is 22.2. The molecule has 3 aromatic rings. The van der Waals surface area contributed by atoms with E-state index in [1.54, 1.807) is 17.0 Å². The van der Waals surface area contributed by atoms with Gasteiger partial charge in [0.15, 0.2) is 11.5 Å². The Morgan fingerprint density at radius 1 is 1.03 bits per heavy atom. The smallest absolute Gasteiger partial charge is 0.364 e. The zero-order chi connectivity index (χ0) is 23.9. The quantitative estimate of drug-likeness (QED) is 0.573. The zero-order valence-electron chi connectivity index (χ0n) is 17.8. The first-order chi connectivity index (χ1) is 16.3. The molecule has 176 valence electrons. The Kier molecular flexibility index (Phi) is 5.62. The molecule has 2 saturated heterocycles. The first-order valence-corrected chi connectivity index (χ1v) is 10.8. The number of alkyl halides is 3. The minimum Gasteiger partial charge on any atom is -0.364 e. The fourth-order valence-electron chi connectivity index (χ4n) is 4.83. The summed E-state index contributed by atoms with van der Waals surface area (Å²) in [6, 6.07) is 5.47. The van der Waals surface area contributed by atoms with Crippen molar-refractivity contribution in [2.24, 2.45) is 5.92 Å². The van der Waals surface area contributed by atoms with E-state index in [-0.39, 0.29) is 35.2 Å². The Hall–Kier alpha value is -3.63. The molecule has 6 rings (SSSR count). The van der Waals surface area contributed by atoms with E-state index < -0.39 is 23.6 Å². The van der Waals surface area contributed by atoms with Crippen LogP contribution in [0.5, 0.6) is 0 Å². The van der Waals surface area contributed by atoms with Crippen LogP contribution >= 0.6 is 0 Å². The van der Waals surface area contributed by atoms with E-state index in [0.717, 1.165) is 19.0 Å². The third-order valence-electron chi connectivity index (χ3n) is 6.35. The average molecular weight is 472 g/mol. The van der Waals surface area contributed by atoms with Gasteiger partial charge < -0.3 is 10.2 Å². The van der Waals surface area contributed by atoms with E-state index in [0.29, 0.717) is 24.7 Å². The number of piperidine rings is 2. The van der Waals surface area contributed by atoms with Crippen LogP contribution in [-0.4, -0.2) is 49.4 Å². The fourth-order valence-corrected chi connectivity index (χ4v) is 4.83. The minimum atomic E-state index is -4.57. The van der Waals surface area contributed by atoms with Crippen LogP contribution in [0.15, 0.2) is 49.1 Å². The molecule has 1 amide bonds. The predicted molar refractivity (Wildman–Crippen MR) is 114 cm³/mol. The molecule has 2 bridgehead atoms. The van der Waals surface area contributed by atoms with E-state index in [2.05, 4.69) is 25.3 Å². The summed E-state index contributed by atoms with van der Waals surface area (Å²) in [5, 5.41) is 3.13. The third-order valence-corrected chi connectivity index (χ3v) is 6.35. The number of nitrogens with one attached hydrogen (secondary N) is 1. The second-order valence-electron chi connectivity index (χ2n) is 8.47. The van der Waals surface area contributed by atoms with Crippen molar-refractivity contribution in [3.63, 3.8) is 0 Å². The van der Waals surface area contributed by atoms with Gasteiger partial charge in [-0.1, -0.05) is 12.1 Å². The molecule has 1 unspecified atom stereocenters. The van der Waals surface area contributed by atoms with Crippen LogP contribution in [0.25, 0.3) is 11.4 Å². The molecule has 4 heterocycles. The Bertz CT molecular complexity index is 1190. The number of rotatable bonds is 4. The molecule has 3 aliphatic rings. The molecule has 34 heavy (non-hydrogen) atoms. The Morgan fingerprint density at radius 3 is 2.50 bits per heavy atom. The second-order valence-corrected chi connectivity index (χ2v) is 8.47. The summed E-state index contributed by atoms with van der Waals surface area (Å²) in [5.74, 6) is -0.490. The van der Waals surface area contributed by atoms with Gasteiger partial charge in [-0.25, -0.2) is 24.3 Å². The van der Waals surface area contributed by atoms with Crippen molar-refractivity contribution in [1.29, 1.82) is 0 Å². The molecule has 1 N–H and O–H groups in total. The number of carbonyl (C=O) groups is 1. The van der Waals surface area contributed by atoms with Crippen molar-refractivity contribution >= 4 is 11.7 Å². The molecule has 2 aliphatic heterocycles. The number of hydrogen-bond donors (Lipinski definition) is 1. The van der Waals surface area contributed by atoms with E-state index in [4.69, 9.17) is 0 Å². The van der Waals surface area contributed by atoms with Crippen LogP contribution < -0.4 is 5.32 Å². The Labute approximate surface area is 192 Å². The molecule has 3 atom stereocenters. The van der Waals surface area contributed by atoms with Crippen molar-refractivity contribution in [2.45, 2.75) is 37.5 Å². The molecule has 0 spiro atoms. The van der Waals surface area contributed by atoms with Gasteiger partial charge in [0.1, 0.15) is 11.6 Å². The number of hydrogen-bond acceptors (Lipinski definition) is 6. The summed E-state index contributed by atoms with van der Waals surface area (Å²) < 4.78 is 53.3.